The van der Waals surface area contributed by atoms with Crippen molar-refractivity contribution in [1.29, 1.82) is 0 Å². The van der Waals surface area contributed by atoms with Crippen LogP contribution in [-0.4, -0.2) is 42.0 Å². The zero-order chi connectivity index (χ0) is 27.5. The van der Waals surface area contributed by atoms with Gasteiger partial charge in [0.15, 0.2) is 5.78 Å². The topological polar surface area (TPSA) is 57.7 Å². The Labute approximate surface area is 236 Å². The summed E-state index contributed by atoms with van der Waals surface area (Å²) in [6, 6.07) is 21.1. The number of fused-ring (bicyclic) bond motifs is 1. The Hall–Kier alpha value is -2.32. The van der Waals surface area contributed by atoms with Crippen LogP contribution in [-0.2, 0) is 29.5 Å². The quantitative estimate of drug-likeness (QED) is 0.256. The summed E-state index contributed by atoms with van der Waals surface area (Å²) in [5.41, 5.74) is 5.03. The molecule has 3 aromatic carbocycles. The van der Waals surface area contributed by atoms with Crippen LogP contribution in [0.1, 0.15) is 66.2 Å². The van der Waals surface area contributed by atoms with Gasteiger partial charge in [-0.2, -0.15) is 4.31 Å². The first-order valence-electron chi connectivity index (χ1n) is 13.1. The first-order chi connectivity index (χ1) is 17.9. The van der Waals surface area contributed by atoms with Gasteiger partial charge >= 0.3 is 0 Å². The van der Waals surface area contributed by atoms with Crippen molar-refractivity contribution in [3.63, 3.8) is 0 Å². The minimum Gasteiger partial charge on any atom is -0.294 e. The van der Waals surface area contributed by atoms with Crippen LogP contribution in [0.4, 0.5) is 0 Å². The molecule has 0 saturated carbocycles. The lowest BCUT2D eigenvalue weighted by molar-refractivity contribution is 0.0945. The van der Waals surface area contributed by atoms with Crippen molar-refractivity contribution in [2.24, 2.45) is 0 Å². The number of Topliss-reactive ketones (excluding diaryl/α,β-unsaturated/α-hetero) is 1. The molecule has 38 heavy (non-hydrogen) atoms. The number of carbonyl (C=O) groups is 1. The zero-order valence-corrected chi connectivity index (χ0v) is 25.1. The lowest BCUT2D eigenvalue weighted by atomic mass is 9.95. The van der Waals surface area contributed by atoms with E-state index in [-0.39, 0.29) is 11.3 Å². The third kappa shape index (κ3) is 7.00. The number of ketones is 1. The average molecular weight is 598 g/mol. The summed E-state index contributed by atoms with van der Waals surface area (Å²) in [5.74, 6) is 0.139. The molecule has 0 N–H and O–H groups in total. The first-order valence-corrected chi connectivity index (χ1v) is 15.4. The highest BCUT2D eigenvalue weighted by molar-refractivity contribution is 9.10. The zero-order valence-electron chi connectivity index (χ0n) is 22.7. The summed E-state index contributed by atoms with van der Waals surface area (Å²) in [6.07, 6.45) is 1.87. The van der Waals surface area contributed by atoms with Gasteiger partial charge in [0.05, 0.1) is 4.90 Å². The summed E-state index contributed by atoms with van der Waals surface area (Å²) < 4.78 is 28.9. The van der Waals surface area contributed by atoms with Crippen LogP contribution in [0.3, 0.4) is 0 Å². The number of aryl methyl sites for hydroxylation is 1. The summed E-state index contributed by atoms with van der Waals surface area (Å²) in [4.78, 5) is 15.8. The molecule has 3 aromatic rings. The maximum atomic E-state index is 13.1. The molecule has 7 heteroatoms. The molecule has 0 aliphatic carbocycles. The predicted octanol–water partition coefficient (Wildman–Crippen LogP) is 6.77. The fourth-order valence-electron chi connectivity index (χ4n) is 4.80. The third-order valence-electron chi connectivity index (χ3n) is 7.23. The highest BCUT2D eigenvalue weighted by atomic mass is 79.9. The van der Waals surface area contributed by atoms with Crippen molar-refractivity contribution in [2.75, 3.05) is 13.1 Å². The number of benzene rings is 3. The SMILES string of the molecule is Cc1ccc(S(=O)(=O)N2CCc3cc(C(=O)CCCN(Cc4ccc(Br)cc4)C(C)(C)C)ccc3C2)cc1. The van der Waals surface area contributed by atoms with E-state index in [0.717, 1.165) is 40.7 Å². The largest absolute Gasteiger partial charge is 0.294 e. The smallest absolute Gasteiger partial charge is 0.243 e. The van der Waals surface area contributed by atoms with Gasteiger partial charge in [-0.3, -0.25) is 9.69 Å². The highest BCUT2D eigenvalue weighted by Crippen LogP contribution is 2.27. The molecule has 1 aliphatic rings. The Morgan fingerprint density at radius 1 is 0.974 bits per heavy atom. The van der Waals surface area contributed by atoms with Crippen LogP contribution in [0.5, 0.6) is 0 Å². The second-order valence-electron chi connectivity index (χ2n) is 11.1. The standard InChI is InChI=1S/C31H37BrN2O3S/c1-23-7-15-29(16-8-23)38(36,37)34-19-17-25-20-26(11-12-27(25)22-34)30(35)6-5-18-33(31(2,3)4)21-24-9-13-28(32)14-10-24/h7-16,20H,5-6,17-19,21-22H2,1-4H3. The number of hydrogen-bond acceptors (Lipinski definition) is 4. The van der Waals surface area contributed by atoms with E-state index in [4.69, 9.17) is 0 Å². The summed E-state index contributed by atoms with van der Waals surface area (Å²) in [7, 11) is -3.55. The van der Waals surface area contributed by atoms with Crippen molar-refractivity contribution >= 4 is 31.7 Å². The van der Waals surface area contributed by atoms with E-state index in [0.29, 0.717) is 36.4 Å². The summed E-state index contributed by atoms with van der Waals surface area (Å²) >= 11 is 3.50. The van der Waals surface area contributed by atoms with Crippen LogP contribution in [0.25, 0.3) is 0 Å². The molecule has 0 amide bonds. The summed E-state index contributed by atoms with van der Waals surface area (Å²) in [6.45, 7) is 11.0. The molecule has 5 nitrogen and oxygen atoms in total. The van der Waals surface area contributed by atoms with Gasteiger partial charge < -0.3 is 0 Å². The normalized spacial score (nSPS) is 14.5. The van der Waals surface area contributed by atoms with Gasteiger partial charge in [0.2, 0.25) is 10.0 Å². The third-order valence-corrected chi connectivity index (χ3v) is 9.62. The van der Waals surface area contributed by atoms with E-state index in [1.165, 1.54) is 9.87 Å². The molecule has 1 heterocycles. The monoisotopic (exact) mass is 596 g/mol. The Morgan fingerprint density at radius 3 is 2.32 bits per heavy atom. The molecule has 0 saturated heterocycles. The minimum absolute atomic E-state index is 0.00721. The molecular formula is C31H37BrN2O3S. The Balaban J connectivity index is 1.36. The van der Waals surface area contributed by atoms with Crippen LogP contribution in [0.2, 0.25) is 0 Å². The number of hydrogen-bond donors (Lipinski definition) is 0. The number of carbonyl (C=O) groups excluding carboxylic acids is 1. The van der Waals surface area contributed by atoms with Crippen LogP contribution >= 0.6 is 15.9 Å². The van der Waals surface area contributed by atoms with Gasteiger partial charge in [-0.25, -0.2) is 8.42 Å². The van der Waals surface area contributed by atoms with E-state index in [9.17, 15) is 13.2 Å². The minimum atomic E-state index is -3.55. The molecule has 0 unspecified atom stereocenters. The number of sulfonamides is 1. The van der Waals surface area contributed by atoms with E-state index >= 15 is 0 Å². The molecule has 0 atom stereocenters. The number of nitrogens with zero attached hydrogens (tertiary/aromatic N) is 2. The van der Waals surface area contributed by atoms with Crippen molar-refractivity contribution in [2.45, 2.75) is 70.5 Å². The van der Waals surface area contributed by atoms with Gasteiger partial charge in [0, 0.05) is 41.6 Å². The molecule has 0 fully saturated rings. The lowest BCUT2D eigenvalue weighted by Crippen LogP contribution is -2.41. The molecule has 0 radical (unpaired) electrons. The highest BCUT2D eigenvalue weighted by Gasteiger charge is 2.29. The Kier molecular flexibility index (Phi) is 8.92. The second kappa shape index (κ2) is 11.8. The van der Waals surface area contributed by atoms with Gasteiger partial charge in [0.25, 0.3) is 0 Å². The number of rotatable bonds is 9. The van der Waals surface area contributed by atoms with E-state index < -0.39 is 10.0 Å². The summed E-state index contributed by atoms with van der Waals surface area (Å²) in [5, 5.41) is 0. The maximum absolute atomic E-state index is 13.1. The Bertz CT molecular complexity index is 1380. The van der Waals surface area contributed by atoms with Gasteiger partial charge in [-0.1, -0.05) is 57.9 Å². The van der Waals surface area contributed by atoms with Gasteiger partial charge in [0.1, 0.15) is 0 Å². The van der Waals surface area contributed by atoms with Crippen LogP contribution in [0, 0.1) is 6.92 Å². The average Bonchev–Trinajstić information content (AvgIpc) is 2.88. The number of halogens is 1. The first kappa shape index (κ1) is 28.7. The maximum Gasteiger partial charge on any atom is 0.243 e. The molecule has 0 bridgehead atoms. The van der Waals surface area contributed by atoms with Crippen molar-refractivity contribution in [1.82, 2.24) is 9.21 Å². The molecular weight excluding hydrogens is 560 g/mol. The molecule has 4 rings (SSSR count). The second-order valence-corrected chi connectivity index (χ2v) is 14.0. The Morgan fingerprint density at radius 2 is 1.66 bits per heavy atom. The predicted molar refractivity (Wildman–Crippen MR) is 157 cm³/mol. The molecule has 0 aromatic heterocycles. The fourth-order valence-corrected chi connectivity index (χ4v) is 6.48. The van der Waals surface area contributed by atoms with E-state index in [1.54, 1.807) is 12.1 Å². The van der Waals surface area contributed by atoms with Crippen LogP contribution in [0.15, 0.2) is 76.1 Å². The van der Waals surface area contributed by atoms with Gasteiger partial charge in [-0.15, -0.1) is 0 Å². The van der Waals surface area contributed by atoms with Crippen molar-refractivity contribution in [3.05, 3.63) is 99.0 Å². The van der Waals surface area contributed by atoms with Crippen LogP contribution < -0.4 is 0 Å². The van der Waals surface area contributed by atoms with Gasteiger partial charge in [-0.05, 0) is 94.1 Å². The molecule has 1 aliphatic heterocycles. The van der Waals surface area contributed by atoms with Crippen molar-refractivity contribution in [3.8, 4) is 0 Å². The fraction of sp³-hybridized carbons (Fsp3) is 0.387. The van der Waals surface area contributed by atoms with Crippen molar-refractivity contribution < 1.29 is 13.2 Å². The van der Waals surface area contributed by atoms with E-state index in [2.05, 4.69) is 65.9 Å². The molecule has 202 valence electrons. The molecule has 0 spiro atoms. The lowest BCUT2D eigenvalue weighted by Gasteiger charge is -2.36. The van der Waals surface area contributed by atoms with E-state index in [1.807, 2.05) is 37.3 Å².